The van der Waals surface area contributed by atoms with Crippen LogP contribution in [-0.4, -0.2) is 18.0 Å². The number of carbonyl (C=O) groups is 1. The van der Waals surface area contributed by atoms with Crippen molar-refractivity contribution in [1.82, 2.24) is 0 Å². The lowest BCUT2D eigenvalue weighted by molar-refractivity contribution is -0.267. The maximum absolute atomic E-state index is 12.8. The van der Waals surface area contributed by atoms with Gasteiger partial charge >= 0.3 is 18.0 Å². The van der Waals surface area contributed by atoms with E-state index in [-0.39, 0.29) is 14.9 Å². The molecule has 0 aliphatic rings. The number of benzene rings is 1. The van der Waals surface area contributed by atoms with Crippen molar-refractivity contribution in [2.24, 2.45) is 0 Å². The van der Waals surface area contributed by atoms with Gasteiger partial charge in [-0.15, -0.1) is 0 Å². The Morgan fingerprint density at radius 3 is 2.24 bits per heavy atom. The molecule has 0 unspecified atom stereocenters. The fourth-order valence-electron chi connectivity index (χ4n) is 1.08. The third-order valence-corrected chi connectivity index (χ3v) is 3.45. The number of thiocyanates is 1. The Bertz CT molecular complexity index is 615. The second-order valence-corrected chi connectivity index (χ2v) is 5.12. The van der Waals surface area contributed by atoms with Crippen LogP contribution in [0.1, 0.15) is 0 Å². The molecule has 0 fully saturated rings. The summed E-state index contributed by atoms with van der Waals surface area (Å²) < 4.78 is 61.6. The summed E-state index contributed by atoms with van der Waals surface area (Å²) in [4.78, 5) is 11.2. The summed E-state index contributed by atoms with van der Waals surface area (Å²) in [5.41, 5.74) is -0.530. The second-order valence-electron chi connectivity index (χ2n) is 3.48. The molecule has 11 heteroatoms. The summed E-state index contributed by atoms with van der Waals surface area (Å²) in [6, 6.07) is 1.92. The monoisotopic (exact) mass is 364 g/mol. The smallest absolute Gasteiger partial charge is 0.319 e. The molecule has 21 heavy (non-hydrogen) atoms. The van der Waals surface area contributed by atoms with Crippen molar-refractivity contribution in [2.45, 2.75) is 17.0 Å². The number of rotatable bonds is 3. The molecule has 0 spiro atoms. The van der Waals surface area contributed by atoms with Crippen LogP contribution in [-0.2, 0) is 4.79 Å². The highest BCUT2D eigenvalue weighted by Gasteiger charge is 2.63. The molecule has 0 saturated heterocycles. The van der Waals surface area contributed by atoms with Crippen molar-refractivity contribution in [3.05, 3.63) is 22.2 Å². The van der Waals surface area contributed by atoms with Crippen LogP contribution in [0.2, 0.25) is 10.0 Å². The molecular formula is C10H3Cl2F5N2OS. The number of hydrogen-bond donors (Lipinski definition) is 1. The first-order valence-electron chi connectivity index (χ1n) is 4.81. The highest BCUT2D eigenvalue weighted by molar-refractivity contribution is 8.03. The molecule has 0 saturated carbocycles. The molecule has 1 aromatic rings. The minimum atomic E-state index is -6.04. The van der Waals surface area contributed by atoms with Crippen LogP contribution >= 0.6 is 35.0 Å². The van der Waals surface area contributed by atoms with Gasteiger partial charge < -0.3 is 5.32 Å². The number of nitriles is 1. The van der Waals surface area contributed by atoms with Gasteiger partial charge in [0.15, 0.2) is 0 Å². The molecular weight excluding hydrogens is 362 g/mol. The molecule has 3 nitrogen and oxygen atoms in total. The number of thioether (sulfide) groups is 1. The summed E-state index contributed by atoms with van der Waals surface area (Å²) in [5.74, 6) is -8.17. The van der Waals surface area contributed by atoms with Crippen molar-refractivity contribution >= 4 is 46.6 Å². The molecule has 1 N–H and O–H groups in total. The molecule has 114 valence electrons. The second kappa shape index (κ2) is 6.25. The highest BCUT2D eigenvalue weighted by atomic mass is 35.5. The van der Waals surface area contributed by atoms with E-state index in [0.29, 0.717) is 11.8 Å². The van der Waals surface area contributed by atoms with E-state index in [1.165, 1.54) is 5.32 Å². The Hall–Kier alpha value is -1.24. The summed E-state index contributed by atoms with van der Waals surface area (Å²) in [7, 11) is 0. The van der Waals surface area contributed by atoms with Gasteiger partial charge in [0.25, 0.3) is 0 Å². The minimum Gasteiger partial charge on any atom is -0.319 e. The lowest BCUT2D eigenvalue weighted by Crippen LogP contribution is -2.47. The van der Waals surface area contributed by atoms with Crippen molar-refractivity contribution in [1.29, 1.82) is 5.26 Å². The van der Waals surface area contributed by atoms with Crippen molar-refractivity contribution < 1.29 is 26.7 Å². The van der Waals surface area contributed by atoms with Gasteiger partial charge in [0, 0.05) is 4.90 Å². The molecule has 1 amide bonds. The maximum Gasteiger partial charge on any atom is 0.463 e. The predicted octanol–water partition coefficient (Wildman–Crippen LogP) is 4.70. The van der Waals surface area contributed by atoms with E-state index in [2.05, 4.69) is 0 Å². The zero-order valence-corrected chi connectivity index (χ0v) is 11.9. The number of hydrogen-bond acceptors (Lipinski definition) is 3. The molecule has 0 radical (unpaired) electrons. The van der Waals surface area contributed by atoms with Gasteiger partial charge in [-0.05, 0) is 23.9 Å². The molecule has 0 heterocycles. The van der Waals surface area contributed by atoms with Crippen LogP contribution in [0.3, 0.4) is 0 Å². The van der Waals surface area contributed by atoms with E-state index in [9.17, 15) is 26.7 Å². The first-order valence-corrected chi connectivity index (χ1v) is 6.39. The van der Waals surface area contributed by atoms with Gasteiger partial charge in [0.1, 0.15) is 5.40 Å². The van der Waals surface area contributed by atoms with Crippen LogP contribution in [0.5, 0.6) is 0 Å². The highest BCUT2D eigenvalue weighted by Crippen LogP contribution is 2.38. The number of alkyl halides is 5. The molecule has 0 atom stereocenters. The summed E-state index contributed by atoms with van der Waals surface area (Å²) in [6.45, 7) is 0. The number of anilines is 1. The lowest BCUT2D eigenvalue weighted by atomic mass is 10.2. The van der Waals surface area contributed by atoms with Crippen LogP contribution in [0.15, 0.2) is 17.0 Å². The van der Waals surface area contributed by atoms with Gasteiger partial charge in [-0.2, -0.15) is 27.2 Å². The Kier molecular flexibility index (Phi) is 5.30. The zero-order valence-electron chi connectivity index (χ0n) is 9.56. The predicted molar refractivity (Wildman–Crippen MR) is 67.6 cm³/mol. The van der Waals surface area contributed by atoms with E-state index in [0.717, 1.165) is 12.1 Å². The molecule has 1 aromatic carbocycles. The first-order chi connectivity index (χ1) is 9.50. The fraction of sp³-hybridized carbons (Fsp3) is 0.200. The third kappa shape index (κ3) is 3.90. The Morgan fingerprint density at radius 2 is 1.76 bits per heavy atom. The van der Waals surface area contributed by atoms with Gasteiger partial charge in [-0.3, -0.25) is 4.79 Å². The molecule has 1 rings (SSSR count). The van der Waals surface area contributed by atoms with Crippen LogP contribution in [0, 0.1) is 10.7 Å². The van der Waals surface area contributed by atoms with Gasteiger partial charge in [0.2, 0.25) is 0 Å². The summed E-state index contributed by atoms with van der Waals surface area (Å²) in [6.07, 6.45) is -6.04. The van der Waals surface area contributed by atoms with E-state index in [1.807, 2.05) is 0 Å². The van der Waals surface area contributed by atoms with Gasteiger partial charge in [-0.25, -0.2) is 0 Å². The molecule has 0 aliphatic carbocycles. The topological polar surface area (TPSA) is 52.9 Å². The Labute approximate surface area is 129 Å². The number of amides is 1. The number of carbonyl (C=O) groups excluding carboxylic acids is 1. The van der Waals surface area contributed by atoms with Crippen LogP contribution in [0.4, 0.5) is 27.6 Å². The Morgan fingerprint density at radius 1 is 1.19 bits per heavy atom. The Balaban J connectivity index is 3.08. The average Bonchev–Trinajstić information content (AvgIpc) is 2.34. The number of halogens is 7. The normalized spacial score (nSPS) is 11.9. The van der Waals surface area contributed by atoms with E-state index in [4.69, 9.17) is 28.5 Å². The minimum absolute atomic E-state index is 0.142. The molecule has 0 bridgehead atoms. The standard InChI is InChI=1S/C10H3Cl2F5N2OS/c11-4-2-7(21-3-18)5(12)1-6(4)19-8(20)9(13,14)10(15,16)17/h1-2H,(H,19,20). The summed E-state index contributed by atoms with van der Waals surface area (Å²) >= 11 is 11.9. The number of nitrogens with zero attached hydrogens (tertiary/aromatic N) is 1. The average molecular weight is 365 g/mol. The van der Waals surface area contributed by atoms with Crippen molar-refractivity contribution in [2.75, 3.05) is 5.32 Å². The first kappa shape index (κ1) is 17.8. The van der Waals surface area contributed by atoms with Gasteiger partial charge in [0.05, 0.1) is 15.7 Å². The summed E-state index contributed by atoms with van der Waals surface area (Å²) in [5, 5.41) is 11.0. The van der Waals surface area contributed by atoms with E-state index < -0.39 is 23.7 Å². The molecule has 0 aromatic heterocycles. The van der Waals surface area contributed by atoms with Crippen molar-refractivity contribution in [3.63, 3.8) is 0 Å². The molecule has 0 aliphatic heterocycles. The van der Waals surface area contributed by atoms with E-state index in [1.54, 1.807) is 5.40 Å². The fourth-order valence-corrected chi connectivity index (χ4v) is 2.07. The lowest BCUT2D eigenvalue weighted by Gasteiger charge is -2.19. The number of nitrogens with one attached hydrogen (secondary N) is 1. The van der Waals surface area contributed by atoms with Crippen LogP contribution < -0.4 is 5.32 Å². The van der Waals surface area contributed by atoms with Crippen LogP contribution in [0.25, 0.3) is 0 Å². The van der Waals surface area contributed by atoms with Gasteiger partial charge in [-0.1, -0.05) is 23.2 Å². The van der Waals surface area contributed by atoms with E-state index >= 15 is 0 Å². The maximum atomic E-state index is 12.8. The third-order valence-electron chi connectivity index (χ3n) is 2.07. The largest absolute Gasteiger partial charge is 0.463 e. The SMILES string of the molecule is N#CSc1cc(Cl)c(NC(=O)C(F)(F)C(F)(F)F)cc1Cl. The quantitative estimate of drug-likeness (QED) is 0.480. The van der Waals surface area contributed by atoms with Crippen molar-refractivity contribution in [3.8, 4) is 5.40 Å². The zero-order chi connectivity index (χ0) is 16.4.